The van der Waals surface area contributed by atoms with Crippen molar-refractivity contribution in [1.82, 2.24) is 15.1 Å². The molecule has 0 unspecified atom stereocenters. The lowest BCUT2D eigenvalue weighted by Gasteiger charge is -2.26. The predicted octanol–water partition coefficient (Wildman–Crippen LogP) is 2.69. The van der Waals surface area contributed by atoms with E-state index in [0.717, 1.165) is 36.5 Å². The summed E-state index contributed by atoms with van der Waals surface area (Å²) in [6.07, 6.45) is 0. The van der Waals surface area contributed by atoms with E-state index in [4.69, 9.17) is 4.74 Å². The van der Waals surface area contributed by atoms with E-state index in [2.05, 4.69) is 22.2 Å². The summed E-state index contributed by atoms with van der Waals surface area (Å²) in [5.74, 6) is 1.54. The summed E-state index contributed by atoms with van der Waals surface area (Å²) >= 11 is 0. The minimum absolute atomic E-state index is 0.0199. The van der Waals surface area contributed by atoms with Crippen molar-refractivity contribution in [3.8, 4) is 5.75 Å². The zero-order chi connectivity index (χ0) is 20.4. The van der Waals surface area contributed by atoms with Crippen LogP contribution < -0.4 is 10.1 Å². The molecule has 2 heterocycles. The molecule has 2 aromatic rings. The lowest BCUT2D eigenvalue weighted by molar-refractivity contribution is -0.122. The molecule has 0 aromatic heterocycles. The van der Waals surface area contributed by atoms with E-state index in [-0.39, 0.29) is 17.8 Å². The first-order chi connectivity index (χ1) is 14.0. The molecule has 2 aromatic carbocycles. The van der Waals surface area contributed by atoms with E-state index in [9.17, 15) is 9.18 Å². The Morgan fingerprint density at radius 1 is 1.17 bits per heavy atom. The molecular formula is C23H28FN3O2. The summed E-state index contributed by atoms with van der Waals surface area (Å²) in [6, 6.07) is 14.8. The molecular weight excluding hydrogens is 369 g/mol. The Hall–Kier alpha value is -2.44. The van der Waals surface area contributed by atoms with Gasteiger partial charge in [-0.2, -0.15) is 0 Å². The van der Waals surface area contributed by atoms with Crippen LogP contribution in [0.4, 0.5) is 4.39 Å². The number of para-hydroxylation sites is 1. The zero-order valence-electron chi connectivity index (χ0n) is 17.0. The molecule has 0 bridgehead atoms. The van der Waals surface area contributed by atoms with Gasteiger partial charge in [0.2, 0.25) is 5.91 Å². The number of benzene rings is 2. The average Bonchev–Trinajstić information content (AvgIpc) is 3.21. The number of hydrogen-bond donors (Lipinski definition) is 1. The Morgan fingerprint density at radius 2 is 2.00 bits per heavy atom. The van der Waals surface area contributed by atoms with Crippen molar-refractivity contribution < 1.29 is 13.9 Å². The number of nitrogens with one attached hydrogen (secondary N) is 1. The number of methoxy groups -OCH3 is 1. The number of amides is 1. The minimum atomic E-state index is -0.190. The van der Waals surface area contributed by atoms with Crippen LogP contribution in [0.25, 0.3) is 0 Å². The molecule has 0 radical (unpaired) electrons. The van der Waals surface area contributed by atoms with Gasteiger partial charge in [0.15, 0.2) is 0 Å². The molecule has 0 saturated carbocycles. The lowest BCUT2D eigenvalue weighted by atomic mass is 9.89. The van der Waals surface area contributed by atoms with Crippen molar-refractivity contribution in [3.05, 3.63) is 65.5 Å². The van der Waals surface area contributed by atoms with Crippen molar-refractivity contribution in [1.29, 1.82) is 0 Å². The standard InChI is InChI=1S/C23H28FN3O2/c1-26-12-18-13-27(14-20(18)23(26)16-7-5-8-19(24)10-16)15-22(28)25-11-17-6-3-4-9-21(17)29-2/h3-10,18,20,23H,11-15H2,1-2H3,(H,25,28)/t18-,20+,23-/m0/s1. The number of hydrogen-bond acceptors (Lipinski definition) is 4. The van der Waals surface area contributed by atoms with Crippen molar-refractivity contribution in [2.75, 3.05) is 40.3 Å². The number of rotatable bonds is 6. The first-order valence-corrected chi connectivity index (χ1v) is 10.1. The molecule has 3 atom stereocenters. The van der Waals surface area contributed by atoms with Gasteiger partial charge in [-0.1, -0.05) is 30.3 Å². The number of carbonyl (C=O) groups is 1. The summed E-state index contributed by atoms with van der Waals surface area (Å²) in [4.78, 5) is 17.0. The largest absolute Gasteiger partial charge is 0.496 e. The molecule has 2 fully saturated rings. The van der Waals surface area contributed by atoms with Crippen LogP contribution in [-0.4, -0.2) is 56.0 Å². The third-order valence-corrected chi connectivity index (χ3v) is 6.20. The van der Waals surface area contributed by atoms with Crippen molar-refractivity contribution >= 4 is 5.91 Å². The van der Waals surface area contributed by atoms with Crippen LogP contribution in [0.2, 0.25) is 0 Å². The molecule has 1 amide bonds. The number of nitrogens with zero attached hydrogens (tertiary/aromatic N) is 2. The molecule has 29 heavy (non-hydrogen) atoms. The lowest BCUT2D eigenvalue weighted by Crippen LogP contribution is -2.37. The average molecular weight is 397 g/mol. The van der Waals surface area contributed by atoms with Crippen LogP contribution in [0.5, 0.6) is 5.75 Å². The minimum Gasteiger partial charge on any atom is -0.496 e. The van der Waals surface area contributed by atoms with Crippen molar-refractivity contribution in [3.63, 3.8) is 0 Å². The Balaban J connectivity index is 1.34. The fraction of sp³-hybridized carbons (Fsp3) is 0.435. The highest BCUT2D eigenvalue weighted by Crippen LogP contribution is 2.43. The van der Waals surface area contributed by atoms with Gasteiger partial charge < -0.3 is 10.1 Å². The smallest absolute Gasteiger partial charge is 0.234 e. The first-order valence-electron chi connectivity index (χ1n) is 10.1. The second kappa shape index (κ2) is 8.51. The summed E-state index contributed by atoms with van der Waals surface area (Å²) in [5.41, 5.74) is 2.00. The van der Waals surface area contributed by atoms with Gasteiger partial charge in [-0.05, 0) is 42.6 Å². The van der Waals surface area contributed by atoms with Gasteiger partial charge in [-0.3, -0.25) is 14.6 Å². The Labute approximate surface area is 171 Å². The van der Waals surface area contributed by atoms with E-state index in [1.165, 1.54) is 6.07 Å². The first kappa shape index (κ1) is 19.9. The molecule has 2 aliphatic heterocycles. The van der Waals surface area contributed by atoms with E-state index >= 15 is 0 Å². The fourth-order valence-electron chi connectivity index (χ4n) is 4.97. The molecule has 5 nitrogen and oxygen atoms in total. The molecule has 2 aliphatic rings. The van der Waals surface area contributed by atoms with Gasteiger partial charge in [0, 0.05) is 37.8 Å². The Kier molecular flexibility index (Phi) is 5.83. The van der Waals surface area contributed by atoms with Crippen LogP contribution >= 0.6 is 0 Å². The van der Waals surface area contributed by atoms with E-state index in [0.29, 0.717) is 24.9 Å². The second-order valence-electron chi connectivity index (χ2n) is 8.15. The summed E-state index contributed by atoms with van der Waals surface area (Å²) < 4.78 is 19.1. The van der Waals surface area contributed by atoms with Crippen LogP contribution in [0.1, 0.15) is 17.2 Å². The third kappa shape index (κ3) is 4.28. The number of halogens is 1. The van der Waals surface area contributed by atoms with E-state index in [1.807, 2.05) is 30.3 Å². The van der Waals surface area contributed by atoms with Crippen LogP contribution in [0.3, 0.4) is 0 Å². The highest BCUT2D eigenvalue weighted by Gasteiger charge is 2.46. The quantitative estimate of drug-likeness (QED) is 0.814. The maximum absolute atomic E-state index is 13.7. The number of likely N-dealkylation sites (tertiary alicyclic amines) is 2. The van der Waals surface area contributed by atoms with Crippen molar-refractivity contribution in [2.24, 2.45) is 11.8 Å². The summed E-state index contributed by atoms with van der Waals surface area (Å²) in [7, 11) is 3.74. The zero-order valence-corrected chi connectivity index (χ0v) is 17.0. The fourth-order valence-corrected chi connectivity index (χ4v) is 4.97. The SMILES string of the molecule is COc1ccccc1CNC(=O)CN1C[C@@H]2CN(C)[C@@H](c3cccc(F)c3)[C@@H]2C1. The third-order valence-electron chi connectivity index (χ3n) is 6.20. The van der Waals surface area contributed by atoms with Crippen molar-refractivity contribution in [2.45, 2.75) is 12.6 Å². The van der Waals surface area contributed by atoms with Gasteiger partial charge in [-0.25, -0.2) is 4.39 Å². The molecule has 6 heteroatoms. The van der Waals surface area contributed by atoms with Gasteiger partial charge >= 0.3 is 0 Å². The van der Waals surface area contributed by atoms with E-state index in [1.54, 1.807) is 19.2 Å². The maximum Gasteiger partial charge on any atom is 0.234 e. The number of carbonyl (C=O) groups excluding carboxylic acids is 1. The maximum atomic E-state index is 13.7. The summed E-state index contributed by atoms with van der Waals surface area (Å²) in [6.45, 7) is 3.59. The second-order valence-corrected chi connectivity index (χ2v) is 8.15. The summed E-state index contributed by atoms with van der Waals surface area (Å²) in [5, 5.41) is 3.00. The monoisotopic (exact) mass is 397 g/mol. The van der Waals surface area contributed by atoms with Crippen LogP contribution in [0, 0.1) is 17.7 Å². The van der Waals surface area contributed by atoms with Gasteiger partial charge in [0.1, 0.15) is 11.6 Å². The highest BCUT2D eigenvalue weighted by molar-refractivity contribution is 5.78. The molecule has 2 saturated heterocycles. The highest BCUT2D eigenvalue weighted by atomic mass is 19.1. The van der Waals surface area contributed by atoms with E-state index < -0.39 is 0 Å². The molecule has 154 valence electrons. The topological polar surface area (TPSA) is 44.8 Å². The molecule has 0 aliphatic carbocycles. The Bertz CT molecular complexity index is 875. The Morgan fingerprint density at radius 3 is 2.79 bits per heavy atom. The van der Waals surface area contributed by atoms with Gasteiger partial charge in [-0.15, -0.1) is 0 Å². The number of fused-ring (bicyclic) bond motifs is 1. The van der Waals surface area contributed by atoms with Crippen LogP contribution in [0.15, 0.2) is 48.5 Å². The molecule has 1 N–H and O–H groups in total. The normalized spacial score (nSPS) is 24.4. The van der Waals surface area contributed by atoms with Gasteiger partial charge in [0.25, 0.3) is 0 Å². The number of ether oxygens (including phenoxy) is 1. The van der Waals surface area contributed by atoms with Gasteiger partial charge in [0.05, 0.1) is 13.7 Å². The predicted molar refractivity (Wildman–Crippen MR) is 110 cm³/mol. The molecule has 4 rings (SSSR count). The molecule has 0 spiro atoms. The van der Waals surface area contributed by atoms with Crippen LogP contribution in [-0.2, 0) is 11.3 Å².